The first-order chi connectivity index (χ1) is 10.6. The van der Waals surface area contributed by atoms with E-state index in [-0.39, 0.29) is 6.10 Å². The van der Waals surface area contributed by atoms with Crippen LogP contribution in [-0.4, -0.2) is 24.9 Å². The van der Waals surface area contributed by atoms with Crippen LogP contribution in [0.5, 0.6) is 5.75 Å². The summed E-state index contributed by atoms with van der Waals surface area (Å²) in [5.41, 5.74) is 1.68. The van der Waals surface area contributed by atoms with E-state index in [0.29, 0.717) is 11.4 Å². The highest BCUT2D eigenvalue weighted by Gasteiger charge is 2.17. The van der Waals surface area contributed by atoms with E-state index in [1.54, 1.807) is 31.4 Å². The molecule has 0 bridgehead atoms. The van der Waals surface area contributed by atoms with Gasteiger partial charge in [0.2, 0.25) is 0 Å². The van der Waals surface area contributed by atoms with Gasteiger partial charge in [-0.25, -0.2) is 9.79 Å². The van der Waals surface area contributed by atoms with E-state index < -0.39 is 5.97 Å². The highest BCUT2D eigenvalue weighted by molar-refractivity contribution is 6.43. The first-order valence-corrected chi connectivity index (χ1v) is 7.09. The Morgan fingerprint density at radius 1 is 1.00 bits per heavy atom. The molecule has 0 saturated heterocycles. The summed E-state index contributed by atoms with van der Waals surface area (Å²) >= 11 is 0. The molecule has 0 saturated carbocycles. The van der Waals surface area contributed by atoms with Crippen molar-refractivity contribution in [3.63, 3.8) is 0 Å². The summed E-state index contributed by atoms with van der Waals surface area (Å²) in [6.07, 6.45) is -0.197. The SMILES string of the molecule is COc1ccc(N=C(C(=O)OC(C)C)c2ccccc2)cc1. The van der Waals surface area contributed by atoms with Crippen LogP contribution in [0.1, 0.15) is 19.4 Å². The van der Waals surface area contributed by atoms with E-state index >= 15 is 0 Å². The van der Waals surface area contributed by atoms with Gasteiger partial charge in [-0.2, -0.15) is 0 Å². The maximum atomic E-state index is 12.3. The highest BCUT2D eigenvalue weighted by Crippen LogP contribution is 2.19. The molecule has 0 aromatic heterocycles. The van der Waals surface area contributed by atoms with Crippen molar-refractivity contribution in [2.45, 2.75) is 20.0 Å². The topological polar surface area (TPSA) is 47.9 Å². The summed E-state index contributed by atoms with van der Waals surface area (Å²) in [5.74, 6) is 0.307. The third-order valence-corrected chi connectivity index (χ3v) is 2.90. The molecule has 0 atom stereocenters. The lowest BCUT2D eigenvalue weighted by Gasteiger charge is -2.10. The molecule has 0 aliphatic carbocycles. The van der Waals surface area contributed by atoms with Crippen molar-refractivity contribution in [3.05, 3.63) is 60.2 Å². The van der Waals surface area contributed by atoms with Crippen molar-refractivity contribution in [1.82, 2.24) is 0 Å². The minimum absolute atomic E-state index is 0.197. The van der Waals surface area contributed by atoms with Gasteiger partial charge in [-0.15, -0.1) is 0 Å². The summed E-state index contributed by atoms with van der Waals surface area (Å²) in [7, 11) is 1.60. The molecular formula is C18H19NO3. The Bertz CT molecular complexity index is 646. The van der Waals surface area contributed by atoms with Gasteiger partial charge in [0.15, 0.2) is 5.71 Å². The first kappa shape index (κ1) is 15.8. The number of nitrogens with zero attached hydrogens (tertiary/aromatic N) is 1. The summed E-state index contributed by atoms with van der Waals surface area (Å²) in [4.78, 5) is 16.7. The zero-order valence-electron chi connectivity index (χ0n) is 12.9. The second-order valence-corrected chi connectivity index (χ2v) is 4.98. The third kappa shape index (κ3) is 4.19. The lowest BCUT2D eigenvalue weighted by Crippen LogP contribution is -2.22. The Labute approximate surface area is 130 Å². The van der Waals surface area contributed by atoms with Crippen molar-refractivity contribution in [1.29, 1.82) is 0 Å². The van der Waals surface area contributed by atoms with E-state index in [2.05, 4.69) is 4.99 Å². The predicted molar refractivity (Wildman–Crippen MR) is 86.9 cm³/mol. The molecule has 2 aromatic rings. The van der Waals surface area contributed by atoms with E-state index in [9.17, 15) is 4.79 Å². The molecule has 0 fully saturated rings. The zero-order valence-corrected chi connectivity index (χ0v) is 12.9. The molecule has 22 heavy (non-hydrogen) atoms. The maximum Gasteiger partial charge on any atom is 0.357 e. The highest BCUT2D eigenvalue weighted by atomic mass is 16.5. The van der Waals surface area contributed by atoms with E-state index in [0.717, 1.165) is 11.3 Å². The summed E-state index contributed by atoms with van der Waals surface area (Å²) < 4.78 is 10.4. The second-order valence-electron chi connectivity index (χ2n) is 4.98. The van der Waals surface area contributed by atoms with Crippen molar-refractivity contribution in [3.8, 4) is 5.75 Å². The molecular weight excluding hydrogens is 278 g/mol. The van der Waals surface area contributed by atoms with Gasteiger partial charge in [0.1, 0.15) is 5.75 Å². The van der Waals surface area contributed by atoms with Gasteiger partial charge < -0.3 is 9.47 Å². The molecule has 0 radical (unpaired) electrons. The molecule has 4 heteroatoms. The van der Waals surface area contributed by atoms with Crippen LogP contribution in [0.15, 0.2) is 59.6 Å². The van der Waals surface area contributed by atoms with Crippen molar-refractivity contribution in [2.24, 2.45) is 4.99 Å². The van der Waals surface area contributed by atoms with Crippen molar-refractivity contribution < 1.29 is 14.3 Å². The summed E-state index contributed by atoms with van der Waals surface area (Å²) in [6, 6.07) is 16.5. The van der Waals surface area contributed by atoms with Gasteiger partial charge in [0, 0.05) is 5.56 Å². The Morgan fingerprint density at radius 3 is 2.18 bits per heavy atom. The van der Waals surface area contributed by atoms with E-state index in [4.69, 9.17) is 9.47 Å². The van der Waals surface area contributed by atoms with Crippen LogP contribution in [-0.2, 0) is 9.53 Å². The average Bonchev–Trinajstić information content (AvgIpc) is 2.53. The average molecular weight is 297 g/mol. The molecule has 0 unspecified atom stereocenters. The molecule has 0 aliphatic heterocycles. The number of methoxy groups -OCH3 is 1. The molecule has 114 valence electrons. The molecule has 2 aromatic carbocycles. The van der Waals surface area contributed by atoms with Crippen LogP contribution in [0.25, 0.3) is 0 Å². The second kappa shape index (κ2) is 7.41. The quantitative estimate of drug-likeness (QED) is 0.623. The van der Waals surface area contributed by atoms with Crippen LogP contribution < -0.4 is 4.74 Å². The minimum Gasteiger partial charge on any atom is -0.497 e. The van der Waals surface area contributed by atoms with Crippen molar-refractivity contribution in [2.75, 3.05) is 7.11 Å². The number of esters is 1. The summed E-state index contributed by atoms with van der Waals surface area (Å²) in [6.45, 7) is 3.63. The predicted octanol–water partition coefficient (Wildman–Crippen LogP) is 3.77. The zero-order chi connectivity index (χ0) is 15.9. The molecule has 4 nitrogen and oxygen atoms in total. The lowest BCUT2D eigenvalue weighted by atomic mass is 10.1. The Morgan fingerprint density at radius 2 is 1.64 bits per heavy atom. The molecule has 0 amide bonds. The fraction of sp³-hybridized carbons (Fsp3) is 0.222. The summed E-state index contributed by atoms with van der Waals surface area (Å²) in [5, 5.41) is 0. The van der Waals surface area contributed by atoms with Crippen LogP contribution in [0.2, 0.25) is 0 Å². The number of ether oxygens (including phenoxy) is 2. The fourth-order valence-corrected chi connectivity index (χ4v) is 1.88. The van der Waals surface area contributed by atoms with Crippen molar-refractivity contribution >= 4 is 17.4 Å². The number of carbonyl (C=O) groups excluding carboxylic acids is 1. The lowest BCUT2D eigenvalue weighted by molar-refractivity contribution is -0.138. The van der Waals surface area contributed by atoms with Crippen LogP contribution in [0.3, 0.4) is 0 Å². The third-order valence-electron chi connectivity index (χ3n) is 2.90. The van der Waals surface area contributed by atoms with Crippen LogP contribution >= 0.6 is 0 Å². The smallest absolute Gasteiger partial charge is 0.357 e. The number of rotatable bonds is 5. The van der Waals surface area contributed by atoms with Gasteiger partial charge in [0.05, 0.1) is 18.9 Å². The van der Waals surface area contributed by atoms with E-state index in [1.165, 1.54) is 0 Å². The number of hydrogen-bond donors (Lipinski definition) is 0. The Kier molecular flexibility index (Phi) is 5.31. The number of benzene rings is 2. The van der Waals surface area contributed by atoms with Gasteiger partial charge in [-0.1, -0.05) is 30.3 Å². The Balaban J connectivity index is 2.38. The Hall–Kier alpha value is -2.62. The molecule has 0 aliphatic rings. The van der Waals surface area contributed by atoms with Gasteiger partial charge in [-0.3, -0.25) is 0 Å². The van der Waals surface area contributed by atoms with Crippen LogP contribution in [0.4, 0.5) is 5.69 Å². The van der Waals surface area contributed by atoms with Gasteiger partial charge >= 0.3 is 5.97 Å². The largest absolute Gasteiger partial charge is 0.497 e. The number of aliphatic imine (C=N–C) groups is 1. The standard InChI is InChI=1S/C18H19NO3/c1-13(2)22-18(20)17(14-7-5-4-6-8-14)19-15-9-11-16(21-3)12-10-15/h4-13H,1-3H3. The normalized spacial score (nSPS) is 11.4. The molecule has 0 N–H and O–H groups in total. The van der Waals surface area contributed by atoms with Crippen LogP contribution in [0, 0.1) is 0 Å². The van der Waals surface area contributed by atoms with E-state index in [1.807, 2.05) is 44.2 Å². The molecule has 0 heterocycles. The molecule has 2 rings (SSSR count). The number of hydrogen-bond acceptors (Lipinski definition) is 4. The van der Waals surface area contributed by atoms with Gasteiger partial charge in [-0.05, 0) is 38.1 Å². The monoisotopic (exact) mass is 297 g/mol. The first-order valence-electron chi connectivity index (χ1n) is 7.09. The number of carbonyl (C=O) groups is 1. The maximum absolute atomic E-state index is 12.3. The fourth-order valence-electron chi connectivity index (χ4n) is 1.88. The molecule has 0 spiro atoms. The minimum atomic E-state index is -0.433. The van der Waals surface area contributed by atoms with Gasteiger partial charge in [0.25, 0.3) is 0 Å².